The summed E-state index contributed by atoms with van der Waals surface area (Å²) in [6, 6.07) is 0. The summed E-state index contributed by atoms with van der Waals surface area (Å²) in [5, 5.41) is 0. The van der Waals surface area contributed by atoms with Crippen LogP contribution in [0.4, 0.5) is 0 Å². The van der Waals surface area contributed by atoms with Crippen molar-refractivity contribution in [3.8, 4) is 0 Å². The van der Waals surface area contributed by atoms with Crippen LogP contribution in [0.2, 0.25) is 0 Å². The Bertz CT molecular complexity index is 319. The second-order valence-corrected chi connectivity index (χ2v) is 4.82. The van der Waals surface area contributed by atoms with E-state index in [2.05, 4.69) is 0 Å². The van der Waals surface area contributed by atoms with Crippen LogP contribution in [0.1, 0.15) is 0 Å². The van der Waals surface area contributed by atoms with Crippen LogP contribution in [0, 0.1) is 0 Å². The van der Waals surface area contributed by atoms with Gasteiger partial charge in [0.25, 0.3) is 0 Å². The van der Waals surface area contributed by atoms with Gasteiger partial charge in [-0.2, -0.15) is 0 Å². The van der Waals surface area contributed by atoms with Gasteiger partial charge in [0, 0.05) is 0 Å². The van der Waals surface area contributed by atoms with Gasteiger partial charge in [-0.05, 0) is 0 Å². The van der Waals surface area contributed by atoms with Crippen molar-refractivity contribution in [1.29, 1.82) is 0 Å². The average Bonchev–Trinajstić information content (AvgIpc) is 1.76. The van der Waals surface area contributed by atoms with Crippen molar-refractivity contribution in [2.45, 2.75) is 0 Å². The van der Waals surface area contributed by atoms with Crippen molar-refractivity contribution in [1.82, 2.24) is 0 Å². The maximum Gasteiger partial charge on any atom is 1.00 e. The largest absolute Gasteiger partial charge is 1.00 e. The van der Waals surface area contributed by atoms with Gasteiger partial charge >= 0.3 is 59.1 Å². The van der Waals surface area contributed by atoms with Crippen molar-refractivity contribution >= 4 is 20.2 Å². The number of hydrogen-bond donors (Lipinski definition) is 0. The topological polar surface area (TPSA) is 114 Å². The van der Waals surface area contributed by atoms with Gasteiger partial charge in [-0.1, -0.05) is 12.2 Å². The van der Waals surface area contributed by atoms with Crippen LogP contribution in [-0.2, 0) is 20.2 Å². The molecule has 0 aliphatic rings. The molecular formula is C4H6Na2O6S2. The SMILES string of the molecule is O=S(=O)([O-])C/C=C/CS(=O)(=O)[O-].[Na+].[Na+]. The molecule has 0 saturated carbocycles. The van der Waals surface area contributed by atoms with Crippen molar-refractivity contribution in [2.24, 2.45) is 0 Å². The van der Waals surface area contributed by atoms with E-state index < -0.39 is 31.7 Å². The molecule has 0 bridgehead atoms. The van der Waals surface area contributed by atoms with Crippen LogP contribution in [0.15, 0.2) is 12.2 Å². The van der Waals surface area contributed by atoms with E-state index in [0.29, 0.717) is 0 Å². The molecule has 0 fully saturated rings. The fourth-order valence-corrected chi connectivity index (χ4v) is 1.12. The molecule has 0 unspecified atom stereocenters. The zero-order chi connectivity index (χ0) is 9.83. The zero-order valence-corrected chi connectivity index (χ0v) is 13.5. The maximum atomic E-state index is 9.92. The summed E-state index contributed by atoms with van der Waals surface area (Å²) in [4.78, 5) is 0. The summed E-state index contributed by atoms with van der Waals surface area (Å²) < 4.78 is 59.5. The standard InChI is InChI=1S/C4H8O6S2.2Na/c5-11(6,7)3-1-2-4-12(8,9)10;;/h1-2H,3-4H2,(H,5,6,7)(H,8,9,10);;/q;2*+1/p-2/b2-1+;;. The van der Waals surface area contributed by atoms with Crippen molar-refractivity contribution in [3.05, 3.63) is 12.2 Å². The molecule has 0 spiro atoms. The van der Waals surface area contributed by atoms with Gasteiger partial charge < -0.3 is 9.11 Å². The first kappa shape index (κ1) is 20.9. The normalized spacial score (nSPS) is 11.9. The van der Waals surface area contributed by atoms with Gasteiger partial charge in [0.2, 0.25) is 0 Å². The fourth-order valence-electron chi connectivity index (χ4n) is 0.372. The molecule has 0 rings (SSSR count). The molecule has 6 nitrogen and oxygen atoms in total. The number of rotatable bonds is 4. The molecule has 0 aliphatic carbocycles. The van der Waals surface area contributed by atoms with Crippen molar-refractivity contribution < 1.29 is 85.1 Å². The van der Waals surface area contributed by atoms with Gasteiger partial charge in [-0.25, -0.2) is 16.8 Å². The van der Waals surface area contributed by atoms with Crippen LogP contribution < -0.4 is 59.1 Å². The van der Waals surface area contributed by atoms with Crippen LogP contribution in [0.3, 0.4) is 0 Å². The summed E-state index contributed by atoms with van der Waals surface area (Å²) in [7, 11) is -8.75. The molecule has 14 heavy (non-hydrogen) atoms. The van der Waals surface area contributed by atoms with Crippen LogP contribution in [0.5, 0.6) is 0 Å². The predicted octanol–water partition coefficient (Wildman–Crippen LogP) is -7.36. The van der Waals surface area contributed by atoms with Gasteiger partial charge in [0.1, 0.15) is 0 Å². The Kier molecular flexibility index (Phi) is 13.0. The Morgan fingerprint density at radius 3 is 1.14 bits per heavy atom. The molecule has 72 valence electrons. The summed E-state index contributed by atoms with van der Waals surface area (Å²) in [5.41, 5.74) is 0. The minimum absolute atomic E-state index is 0. The molecule has 0 saturated heterocycles. The monoisotopic (exact) mass is 260 g/mol. The summed E-state index contributed by atoms with van der Waals surface area (Å²) >= 11 is 0. The first-order valence-corrected chi connectivity index (χ1v) is 5.88. The molecule has 0 N–H and O–H groups in total. The molecule has 0 amide bonds. The second-order valence-electron chi connectivity index (χ2n) is 1.92. The van der Waals surface area contributed by atoms with Crippen LogP contribution >= 0.6 is 0 Å². The first-order chi connectivity index (χ1) is 5.21. The molecule has 0 heterocycles. The quantitative estimate of drug-likeness (QED) is 0.282. The molecule has 0 atom stereocenters. The Morgan fingerprint density at radius 2 is 1.00 bits per heavy atom. The van der Waals surface area contributed by atoms with E-state index in [1.807, 2.05) is 0 Å². The maximum absolute atomic E-state index is 9.92. The smallest absolute Gasteiger partial charge is 0.748 e. The minimum Gasteiger partial charge on any atom is -0.748 e. The van der Waals surface area contributed by atoms with E-state index in [9.17, 15) is 25.9 Å². The molecule has 10 heteroatoms. The fraction of sp³-hybridized carbons (Fsp3) is 0.500. The van der Waals surface area contributed by atoms with Gasteiger partial charge in [-0.15, -0.1) is 0 Å². The third kappa shape index (κ3) is 19.2. The zero-order valence-electron chi connectivity index (χ0n) is 7.83. The Morgan fingerprint density at radius 1 is 0.786 bits per heavy atom. The predicted molar refractivity (Wildman–Crippen MR) is 38.3 cm³/mol. The summed E-state index contributed by atoms with van der Waals surface area (Å²) in [6.45, 7) is 0. The minimum atomic E-state index is -4.38. The average molecular weight is 260 g/mol. The van der Waals surface area contributed by atoms with Gasteiger partial charge in [0.15, 0.2) is 0 Å². The summed E-state index contributed by atoms with van der Waals surface area (Å²) in [5.74, 6) is -1.61. The van der Waals surface area contributed by atoms with Gasteiger partial charge in [-0.3, -0.25) is 0 Å². The second kappa shape index (κ2) is 8.68. The molecule has 0 aliphatic heterocycles. The van der Waals surface area contributed by atoms with E-state index in [1.165, 1.54) is 0 Å². The van der Waals surface area contributed by atoms with Crippen molar-refractivity contribution in [3.63, 3.8) is 0 Å². The van der Waals surface area contributed by atoms with E-state index in [-0.39, 0.29) is 59.1 Å². The first-order valence-electron chi connectivity index (χ1n) is 2.73. The van der Waals surface area contributed by atoms with E-state index in [0.717, 1.165) is 12.2 Å². The Labute approximate surface area is 127 Å². The van der Waals surface area contributed by atoms with Crippen LogP contribution in [-0.4, -0.2) is 37.4 Å². The molecule has 0 radical (unpaired) electrons. The van der Waals surface area contributed by atoms with E-state index >= 15 is 0 Å². The number of hydrogen-bond acceptors (Lipinski definition) is 6. The van der Waals surface area contributed by atoms with Crippen LogP contribution in [0.25, 0.3) is 0 Å². The Balaban J connectivity index is -0.000000605. The van der Waals surface area contributed by atoms with E-state index in [4.69, 9.17) is 0 Å². The van der Waals surface area contributed by atoms with Gasteiger partial charge in [0.05, 0.1) is 31.7 Å². The molecule has 0 aromatic carbocycles. The van der Waals surface area contributed by atoms with Crippen molar-refractivity contribution in [2.75, 3.05) is 11.5 Å². The third-order valence-electron chi connectivity index (χ3n) is 0.767. The molecule has 0 aromatic heterocycles. The van der Waals surface area contributed by atoms with E-state index in [1.54, 1.807) is 0 Å². The Hall–Kier alpha value is 1.56. The molecule has 0 aromatic rings. The summed E-state index contributed by atoms with van der Waals surface area (Å²) in [6.07, 6.45) is 1.66. The third-order valence-corrected chi connectivity index (χ3v) is 1.97. The molecular weight excluding hydrogens is 254 g/mol.